The molecule has 0 aliphatic heterocycles. The summed E-state index contributed by atoms with van der Waals surface area (Å²) in [4.78, 5) is 10.3. The van der Waals surface area contributed by atoms with E-state index in [0.29, 0.717) is 139 Å². The number of aliphatic carboxylic acids is 1. The molecule has 14 nitrogen and oxygen atoms in total. The van der Waals surface area contributed by atoms with E-state index in [1.165, 1.54) is 83.5 Å². The molecule has 0 amide bonds. The fourth-order valence-electron chi connectivity index (χ4n) is 4.98. The van der Waals surface area contributed by atoms with Crippen LogP contribution in [0.15, 0.2) is 0 Å². The summed E-state index contributed by atoms with van der Waals surface area (Å²) in [6.07, 6.45) is 19.2. The monoisotopic (exact) mass is 785 g/mol. The lowest BCUT2D eigenvalue weighted by Gasteiger charge is -2.09. The zero-order valence-corrected chi connectivity index (χ0v) is 34.1. The summed E-state index contributed by atoms with van der Waals surface area (Å²) in [6, 6.07) is 0. The molecule has 0 saturated heterocycles. The average Bonchev–Trinajstić information content (AvgIpc) is 3.17. The van der Waals surface area contributed by atoms with Crippen molar-refractivity contribution < 1.29 is 66.7 Å². The molecule has 0 radical (unpaired) electrons. The van der Waals surface area contributed by atoms with Crippen molar-refractivity contribution in [1.29, 1.82) is 0 Å². The van der Waals surface area contributed by atoms with Gasteiger partial charge in [-0.25, -0.2) is 4.79 Å². The van der Waals surface area contributed by atoms with Crippen molar-refractivity contribution in [2.45, 2.75) is 96.8 Å². The molecule has 0 aromatic rings. The van der Waals surface area contributed by atoms with Crippen LogP contribution in [0.3, 0.4) is 0 Å². The molecule has 0 aliphatic rings. The van der Waals surface area contributed by atoms with Crippen LogP contribution in [-0.2, 0) is 61.6 Å². The molecule has 0 aliphatic carbocycles. The van der Waals surface area contributed by atoms with E-state index in [-0.39, 0.29) is 13.2 Å². The number of carbonyl (C=O) groups is 1. The lowest BCUT2D eigenvalue weighted by Crippen LogP contribution is -2.15. The number of carboxylic acid groups (broad SMARTS) is 1. The summed E-state index contributed by atoms with van der Waals surface area (Å²) >= 11 is 0. The summed E-state index contributed by atoms with van der Waals surface area (Å²) < 4.78 is 65.2. The molecule has 0 spiro atoms. The molecule has 1 N–H and O–H groups in total. The van der Waals surface area contributed by atoms with Crippen molar-refractivity contribution in [2.24, 2.45) is 0 Å². The number of ether oxygens (including phenoxy) is 12. The van der Waals surface area contributed by atoms with Gasteiger partial charge >= 0.3 is 5.97 Å². The molecule has 0 unspecified atom stereocenters. The van der Waals surface area contributed by atoms with Crippen LogP contribution in [0.4, 0.5) is 0 Å². The minimum atomic E-state index is -0.994. The fraction of sp³-hybridized carbons (Fsp3) is 0.975. The normalized spacial score (nSPS) is 11.6. The Morgan fingerprint density at radius 2 is 0.463 bits per heavy atom. The Hall–Kier alpha value is -1.01. The van der Waals surface area contributed by atoms with Gasteiger partial charge < -0.3 is 61.9 Å². The van der Waals surface area contributed by atoms with Gasteiger partial charge in [-0.05, 0) is 6.42 Å². The number of hydrogen-bond donors (Lipinski definition) is 1. The van der Waals surface area contributed by atoms with Gasteiger partial charge in [0.05, 0.1) is 145 Å². The van der Waals surface area contributed by atoms with Crippen molar-refractivity contribution in [3.63, 3.8) is 0 Å². The predicted molar refractivity (Wildman–Crippen MR) is 208 cm³/mol. The smallest absolute Gasteiger partial charge is 0.329 e. The Bertz CT molecular complexity index is 691. The van der Waals surface area contributed by atoms with Crippen LogP contribution in [0.5, 0.6) is 0 Å². The maximum atomic E-state index is 10.3. The highest BCUT2D eigenvalue weighted by atomic mass is 16.6. The summed E-state index contributed by atoms with van der Waals surface area (Å²) in [7, 11) is 0. The Balaban J connectivity index is 3.05. The van der Waals surface area contributed by atoms with Gasteiger partial charge in [0.25, 0.3) is 0 Å². The van der Waals surface area contributed by atoms with Crippen molar-refractivity contribution >= 4 is 5.97 Å². The van der Waals surface area contributed by atoms with Crippen LogP contribution in [0, 0.1) is 0 Å². The van der Waals surface area contributed by atoms with Crippen LogP contribution >= 0.6 is 0 Å². The second kappa shape index (κ2) is 50.0. The number of carboxylic acids is 1. The van der Waals surface area contributed by atoms with Crippen LogP contribution in [0.1, 0.15) is 96.8 Å². The van der Waals surface area contributed by atoms with Gasteiger partial charge in [-0.3, -0.25) is 0 Å². The fourth-order valence-corrected chi connectivity index (χ4v) is 4.98. The van der Waals surface area contributed by atoms with E-state index in [4.69, 9.17) is 61.9 Å². The zero-order chi connectivity index (χ0) is 38.9. The van der Waals surface area contributed by atoms with E-state index < -0.39 is 5.97 Å². The Morgan fingerprint density at radius 1 is 0.278 bits per heavy atom. The number of unbranched alkanes of at least 4 members (excludes halogenated alkanes) is 13. The Morgan fingerprint density at radius 3 is 0.685 bits per heavy atom. The molecule has 0 rings (SSSR count). The summed E-state index contributed by atoms with van der Waals surface area (Å²) in [5.74, 6) is -0.994. The highest BCUT2D eigenvalue weighted by molar-refractivity contribution is 5.67. The molecule has 0 saturated carbocycles. The van der Waals surface area contributed by atoms with Gasteiger partial charge in [0.2, 0.25) is 0 Å². The average molecular weight is 785 g/mol. The van der Waals surface area contributed by atoms with Crippen molar-refractivity contribution in [3.8, 4) is 0 Å². The van der Waals surface area contributed by atoms with Crippen molar-refractivity contribution in [3.05, 3.63) is 0 Å². The zero-order valence-electron chi connectivity index (χ0n) is 34.1. The molecule has 0 heterocycles. The summed E-state index contributed by atoms with van der Waals surface area (Å²) in [5.41, 5.74) is 0. The van der Waals surface area contributed by atoms with E-state index in [2.05, 4.69) is 6.92 Å². The SMILES string of the molecule is CCCCCCCCCCCCCCCCOCCOCCOCCOCCOCCOCCOCCOCCOCCOCCOCCOCC(=O)O. The minimum Gasteiger partial charge on any atom is -0.480 e. The Kier molecular flexibility index (Phi) is 49.1. The van der Waals surface area contributed by atoms with Crippen LogP contribution in [-0.4, -0.2) is 170 Å². The molecule has 0 aromatic heterocycles. The molecular weight excluding hydrogens is 704 g/mol. The van der Waals surface area contributed by atoms with Crippen LogP contribution in [0.2, 0.25) is 0 Å². The van der Waals surface area contributed by atoms with Crippen LogP contribution < -0.4 is 0 Å². The third-order valence-corrected chi connectivity index (χ3v) is 7.96. The van der Waals surface area contributed by atoms with Crippen LogP contribution in [0.25, 0.3) is 0 Å². The van der Waals surface area contributed by atoms with Gasteiger partial charge in [0, 0.05) is 6.61 Å². The van der Waals surface area contributed by atoms with Gasteiger partial charge in [-0.15, -0.1) is 0 Å². The predicted octanol–water partition coefficient (Wildman–Crippen LogP) is 5.75. The maximum absolute atomic E-state index is 10.3. The van der Waals surface area contributed by atoms with Crippen molar-refractivity contribution in [2.75, 3.05) is 159 Å². The number of hydrogen-bond acceptors (Lipinski definition) is 13. The first kappa shape index (κ1) is 53.0. The highest BCUT2D eigenvalue weighted by Crippen LogP contribution is 2.13. The third-order valence-electron chi connectivity index (χ3n) is 7.96. The second-order valence-corrected chi connectivity index (χ2v) is 12.8. The lowest BCUT2D eigenvalue weighted by molar-refractivity contribution is -0.142. The van der Waals surface area contributed by atoms with Gasteiger partial charge in [0.15, 0.2) is 0 Å². The molecule has 14 heteroatoms. The largest absolute Gasteiger partial charge is 0.480 e. The summed E-state index contributed by atoms with van der Waals surface area (Å²) in [5, 5.41) is 8.44. The first-order valence-corrected chi connectivity index (χ1v) is 20.9. The highest BCUT2D eigenvalue weighted by Gasteiger charge is 1.99. The quantitative estimate of drug-likeness (QED) is 0.0747. The van der Waals surface area contributed by atoms with E-state index in [1.54, 1.807) is 0 Å². The molecule has 54 heavy (non-hydrogen) atoms. The molecule has 0 fully saturated rings. The molecule has 0 atom stereocenters. The molecular formula is C40H80O14. The van der Waals surface area contributed by atoms with E-state index in [1.807, 2.05) is 0 Å². The third kappa shape index (κ3) is 51.0. The molecule has 0 bridgehead atoms. The van der Waals surface area contributed by atoms with E-state index in [0.717, 1.165) is 13.0 Å². The number of rotatable bonds is 50. The lowest BCUT2D eigenvalue weighted by atomic mass is 10.0. The van der Waals surface area contributed by atoms with Gasteiger partial charge in [0.1, 0.15) is 6.61 Å². The minimum absolute atomic E-state index is 0.243. The first-order valence-electron chi connectivity index (χ1n) is 20.9. The summed E-state index contributed by atoms with van der Waals surface area (Å²) in [6.45, 7) is 13.6. The van der Waals surface area contributed by atoms with Gasteiger partial charge in [-0.1, -0.05) is 90.4 Å². The van der Waals surface area contributed by atoms with Gasteiger partial charge in [-0.2, -0.15) is 0 Å². The molecule has 0 aromatic carbocycles. The standard InChI is InChI=1S/C40H80O14/c1-2-3-4-5-6-7-8-9-10-11-12-13-14-15-16-43-17-18-44-19-20-45-21-22-46-23-24-47-25-26-48-27-28-49-29-30-50-31-32-51-33-34-52-35-36-53-37-38-54-39-40(41)42/h2-39H2,1H3,(H,41,42). The topological polar surface area (TPSA) is 148 Å². The Labute approximate surface area is 327 Å². The second-order valence-electron chi connectivity index (χ2n) is 12.8. The molecule has 324 valence electrons. The van der Waals surface area contributed by atoms with E-state index in [9.17, 15) is 4.79 Å². The van der Waals surface area contributed by atoms with Crippen molar-refractivity contribution in [1.82, 2.24) is 0 Å². The van der Waals surface area contributed by atoms with E-state index >= 15 is 0 Å². The maximum Gasteiger partial charge on any atom is 0.329 e. The first-order chi connectivity index (χ1) is 26.8.